The van der Waals surface area contributed by atoms with E-state index in [0.29, 0.717) is 5.92 Å². The third-order valence-corrected chi connectivity index (χ3v) is 3.76. The van der Waals surface area contributed by atoms with Crippen LogP contribution in [0.1, 0.15) is 30.5 Å². The highest BCUT2D eigenvalue weighted by Crippen LogP contribution is 2.19. The maximum atomic E-state index is 4.39. The zero-order chi connectivity index (χ0) is 12.1. The molecule has 2 rings (SSSR count). The molecule has 0 fully saturated rings. The molecular formula is C14H18N2S. The topological polar surface area (TPSA) is 24.9 Å². The van der Waals surface area contributed by atoms with Gasteiger partial charge in [0.2, 0.25) is 0 Å². The predicted molar refractivity (Wildman–Crippen MR) is 74.8 cm³/mol. The van der Waals surface area contributed by atoms with Gasteiger partial charge in [0.1, 0.15) is 0 Å². The summed E-state index contributed by atoms with van der Waals surface area (Å²) < 4.78 is 0. The number of aryl methyl sites for hydroxylation is 1. The minimum atomic E-state index is 0.588. The Balaban J connectivity index is 1.79. The first-order valence-corrected chi connectivity index (χ1v) is 6.84. The highest BCUT2D eigenvalue weighted by Gasteiger charge is 2.04. The molecule has 0 aliphatic heterocycles. The molecule has 1 aromatic carbocycles. The van der Waals surface area contributed by atoms with Crippen LogP contribution in [0, 0.1) is 6.92 Å². The standard InChI is InChI=1S/C14H18N2S/c1-11(13-6-4-3-5-7-13)8-9-15-14-16-12(2)10-17-14/h3-7,10-11H,8-9H2,1-2H3,(H,15,16). The van der Waals surface area contributed by atoms with Crippen LogP contribution in [0.3, 0.4) is 0 Å². The SMILES string of the molecule is Cc1csc(NCCC(C)c2ccccc2)n1. The van der Waals surface area contributed by atoms with Crippen molar-refractivity contribution in [3.05, 3.63) is 47.0 Å². The molecule has 1 heterocycles. The first-order valence-electron chi connectivity index (χ1n) is 5.96. The zero-order valence-corrected chi connectivity index (χ0v) is 11.1. The Morgan fingerprint density at radius 1 is 1.29 bits per heavy atom. The van der Waals surface area contributed by atoms with Crippen LogP contribution in [0.5, 0.6) is 0 Å². The van der Waals surface area contributed by atoms with Crippen LogP contribution in [0.2, 0.25) is 0 Å². The highest BCUT2D eigenvalue weighted by atomic mass is 32.1. The van der Waals surface area contributed by atoms with E-state index in [1.807, 2.05) is 6.92 Å². The molecule has 0 aliphatic rings. The van der Waals surface area contributed by atoms with Gasteiger partial charge in [0.25, 0.3) is 0 Å². The maximum Gasteiger partial charge on any atom is 0.182 e. The van der Waals surface area contributed by atoms with E-state index in [1.165, 1.54) is 5.56 Å². The predicted octanol–water partition coefficient (Wildman–Crippen LogP) is 4.06. The second kappa shape index (κ2) is 5.82. The van der Waals surface area contributed by atoms with Crippen molar-refractivity contribution in [1.29, 1.82) is 0 Å². The van der Waals surface area contributed by atoms with Crippen LogP contribution < -0.4 is 5.32 Å². The first-order chi connectivity index (χ1) is 8.25. The van der Waals surface area contributed by atoms with E-state index in [9.17, 15) is 0 Å². The summed E-state index contributed by atoms with van der Waals surface area (Å²) in [6.45, 7) is 5.27. The van der Waals surface area contributed by atoms with Crippen molar-refractivity contribution in [1.82, 2.24) is 4.98 Å². The summed E-state index contributed by atoms with van der Waals surface area (Å²) >= 11 is 1.67. The molecule has 0 radical (unpaired) electrons. The number of anilines is 1. The minimum absolute atomic E-state index is 0.588. The summed E-state index contributed by atoms with van der Waals surface area (Å²) in [5.74, 6) is 0.588. The fourth-order valence-electron chi connectivity index (χ4n) is 1.78. The fraction of sp³-hybridized carbons (Fsp3) is 0.357. The van der Waals surface area contributed by atoms with Crippen molar-refractivity contribution < 1.29 is 0 Å². The van der Waals surface area contributed by atoms with E-state index in [2.05, 4.69) is 52.9 Å². The second-order valence-electron chi connectivity index (χ2n) is 4.32. The van der Waals surface area contributed by atoms with Crippen LogP contribution in [0.15, 0.2) is 35.7 Å². The average Bonchev–Trinajstić information content (AvgIpc) is 2.76. The third kappa shape index (κ3) is 3.56. The second-order valence-corrected chi connectivity index (χ2v) is 5.18. The number of aromatic nitrogens is 1. The lowest BCUT2D eigenvalue weighted by Gasteiger charge is -2.11. The number of thiazole rings is 1. The molecule has 3 heteroatoms. The Hall–Kier alpha value is -1.35. The van der Waals surface area contributed by atoms with Gasteiger partial charge in [-0.25, -0.2) is 4.98 Å². The molecule has 1 unspecified atom stereocenters. The number of rotatable bonds is 5. The van der Waals surface area contributed by atoms with Gasteiger partial charge in [0, 0.05) is 11.9 Å². The molecule has 2 nitrogen and oxygen atoms in total. The number of nitrogens with one attached hydrogen (secondary N) is 1. The van der Waals surface area contributed by atoms with Crippen molar-refractivity contribution in [3.8, 4) is 0 Å². The van der Waals surface area contributed by atoms with Gasteiger partial charge in [-0.3, -0.25) is 0 Å². The summed E-state index contributed by atoms with van der Waals surface area (Å²) in [7, 11) is 0. The summed E-state index contributed by atoms with van der Waals surface area (Å²) in [5, 5.41) is 6.48. The molecule has 0 spiro atoms. The Kier molecular flexibility index (Phi) is 4.15. The first kappa shape index (κ1) is 12.1. The van der Waals surface area contributed by atoms with E-state index in [-0.39, 0.29) is 0 Å². The smallest absolute Gasteiger partial charge is 0.182 e. The largest absolute Gasteiger partial charge is 0.361 e. The lowest BCUT2D eigenvalue weighted by Crippen LogP contribution is -2.05. The Morgan fingerprint density at radius 3 is 2.71 bits per heavy atom. The Bertz CT molecular complexity index is 450. The molecule has 0 aliphatic carbocycles. The number of hydrogen-bond acceptors (Lipinski definition) is 3. The van der Waals surface area contributed by atoms with Gasteiger partial charge in [-0.1, -0.05) is 37.3 Å². The molecule has 17 heavy (non-hydrogen) atoms. The minimum Gasteiger partial charge on any atom is -0.361 e. The van der Waals surface area contributed by atoms with E-state index in [4.69, 9.17) is 0 Å². The van der Waals surface area contributed by atoms with Crippen LogP contribution >= 0.6 is 11.3 Å². The number of benzene rings is 1. The van der Waals surface area contributed by atoms with Gasteiger partial charge in [-0.05, 0) is 24.8 Å². The van der Waals surface area contributed by atoms with Crippen molar-refractivity contribution in [3.63, 3.8) is 0 Å². The van der Waals surface area contributed by atoms with E-state index >= 15 is 0 Å². The van der Waals surface area contributed by atoms with E-state index in [1.54, 1.807) is 11.3 Å². The van der Waals surface area contributed by atoms with Crippen molar-refractivity contribution >= 4 is 16.5 Å². The molecule has 0 amide bonds. The Morgan fingerprint density at radius 2 is 2.06 bits per heavy atom. The number of nitrogens with zero attached hydrogens (tertiary/aromatic N) is 1. The molecule has 0 saturated carbocycles. The molecular weight excluding hydrogens is 228 g/mol. The molecule has 0 saturated heterocycles. The highest BCUT2D eigenvalue weighted by molar-refractivity contribution is 7.13. The van der Waals surface area contributed by atoms with Gasteiger partial charge in [0.05, 0.1) is 5.69 Å². The van der Waals surface area contributed by atoms with Gasteiger partial charge in [0.15, 0.2) is 5.13 Å². The van der Waals surface area contributed by atoms with Crippen LogP contribution in [0.4, 0.5) is 5.13 Å². The number of hydrogen-bond donors (Lipinski definition) is 1. The van der Waals surface area contributed by atoms with Gasteiger partial charge >= 0.3 is 0 Å². The molecule has 0 bridgehead atoms. The summed E-state index contributed by atoms with van der Waals surface area (Å²) in [5.41, 5.74) is 2.50. The van der Waals surface area contributed by atoms with Gasteiger partial charge < -0.3 is 5.32 Å². The fourth-order valence-corrected chi connectivity index (χ4v) is 2.50. The van der Waals surface area contributed by atoms with E-state index < -0.39 is 0 Å². The molecule has 1 aromatic heterocycles. The maximum absolute atomic E-state index is 4.39. The Labute approximate surface area is 107 Å². The summed E-state index contributed by atoms with van der Waals surface area (Å²) in [6.07, 6.45) is 1.13. The lowest BCUT2D eigenvalue weighted by molar-refractivity contribution is 0.705. The van der Waals surface area contributed by atoms with E-state index in [0.717, 1.165) is 23.8 Å². The van der Waals surface area contributed by atoms with Gasteiger partial charge in [-0.2, -0.15) is 0 Å². The molecule has 1 atom stereocenters. The molecule has 2 aromatic rings. The lowest BCUT2D eigenvalue weighted by atomic mass is 9.98. The quantitative estimate of drug-likeness (QED) is 0.860. The monoisotopic (exact) mass is 246 g/mol. The third-order valence-electron chi connectivity index (χ3n) is 2.84. The summed E-state index contributed by atoms with van der Waals surface area (Å²) in [4.78, 5) is 4.39. The van der Waals surface area contributed by atoms with Crippen LogP contribution in [-0.4, -0.2) is 11.5 Å². The van der Waals surface area contributed by atoms with Crippen molar-refractivity contribution in [2.45, 2.75) is 26.2 Å². The molecule has 1 N–H and O–H groups in total. The normalized spacial score (nSPS) is 12.4. The average molecular weight is 246 g/mol. The zero-order valence-electron chi connectivity index (χ0n) is 10.3. The summed E-state index contributed by atoms with van der Waals surface area (Å²) in [6, 6.07) is 10.6. The molecule has 90 valence electrons. The van der Waals surface area contributed by atoms with Crippen LogP contribution in [0.25, 0.3) is 0 Å². The van der Waals surface area contributed by atoms with Gasteiger partial charge in [-0.15, -0.1) is 11.3 Å². The van der Waals surface area contributed by atoms with Crippen molar-refractivity contribution in [2.24, 2.45) is 0 Å². The van der Waals surface area contributed by atoms with Crippen LogP contribution in [-0.2, 0) is 0 Å². The van der Waals surface area contributed by atoms with Crippen molar-refractivity contribution in [2.75, 3.05) is 11.9 Å².